The largest absolute Gasteiger partial charge is 0.479 e. The summed E-state index contributed by atoms with van der Waals surface area (Å²) in [6.45, 7) is 6.24. The Kier molecular flexibility index (Phi) is 4.91. The van der Waals surface area contributed by atoms with Crippen LogP contribution in [0.5, 0.6) is 0 Å². The van der Waals surface area contributed by atoms with Crippen LogP contribution >= 0.6 is 0 Å². The second-order valence-corrected chi connectivity index (χ2v) is 10.0. The third kappa shape index (κ3) is 3.02. The van der Waals surface area contributed by atoms with E-state index in [1.165, 1.54) is 31.3 Å². The number of oxime groups is 1. The fourth-order valence-corrected chi connectivity index (χ4v) is 7.48. The molecule has 0 aliphatic heterocycles. The monoisotopic (exact) mass is 387 g/mol. The molecule has 3 fully saturated rings. The fraction of sp³-hybridized carbons (Fsp3) is 0.783. The van der Waals surface area contributed by atoms with Crippen molar-refractivity contribution >= 4 is 17.5 Å². The maximum Gasteiger partial charge on any atom is 0.344 e. The lowest BCUT2D eigenvalue weighted by Gasteiger charge is -2.58. The van der Waals surface area contributed by atoms with Crippen molar-refractivity contribution in [1.29, 1.82) is 0 Å². The molecule has 3 saturated carbocycles. The van der Waals surface area contributed by atoms with Crippen LogP contribution in [0.2, 0.25) is 0 Å². The van der Waals surface area contributed by atoms with Crippen LogP contribution in [0.4, 0.5) is 0 Å². The Morgan fingerprint density at radius 2 is 1.93 bits per heavy atom. The number of fused-ring (bicyclic) bond motifs is 5. The van der Waals surface area contributed by atoms with Crippen molar-refractivity contribution in [3.05, 3.63) is 11.6 Å². The summed E-state index contributed by atoms with van der Waals surface area (Å²) in [6, 6.07) is 0. The van der Waals surface area contributed by atoms with Gasteiger partial charge in [-0.2, -0.15) is 0 Å². The highest BCUT2D eigenvalue weighted by molar-refractivity contribution is 5.96. The molecule has 5 heteroatoms. The van der Waals surface area contributed by atoms with Crippen molar-refractivity contribution in [2.24, 2.45) is 39.7 Å². The molecule has 0 aromatic heterocycles. The third-order valence-corrected chi connectivity index (χ3v) is 8.84. The van der Waals surface area contributed by atoms with Crippen LogP contribution in [0.15, 0.2) is 16.8 Å². The van der Waals surface area contributed by atoms with Gasteiger partial charge in [0.25, 0.3) is 0 Å². The van der Waals surface area contributed by atoms with E-state index < -0.39 is 5.97 Å². The number of carboxylic acids is 1. The number of allylic oxidation sites excluding steroid dienone is 2. The van der Waals surface area contributed by atoms with Gasteiger partial charge in [-0.15, -0.1) is 0 Å². The molecule has 0 aromatic carbocycles. The van der Waals surface area contributed by atoms with Crippen LogP contribution in [0.3, 0.4) is 0 Å². The summed E-state index contributed by atoms with van der Waals surface area (Å²) in [5.74, 6) is 1.77. The smallest absolute Gasteiger partial charge is 0.344 e. The Labute approximate surface area is 167 Å². The van der Waals surface area contributed by atoms with Gasteiger partial charge in [0.05, 0.1) is 5.71 Å². The van der Waals surface area contributed by atoms with Crippen LogP contribution in [-0.2, 0) is 14.4 Å². The number of hydrogen-bond acceptors (Lipinski definition) is 4. The van der Waals surface area contributed by atoms with Gasteiger partial charge >= 0.3 is 5.97 Å². The lowest BCUT2D eigenvalue weighted by molar-refractivity contribution is -0.142. The Bertz CT molecular complexity index is 741. The zero-order chi connectivity index (χ0) is 20.1. The second kappa shape index (κ2) is 7.00. The lowest BCUT2D eigenvalue weighted by Crippen LogP contribution is -2.51. The summed E-state index contributed by atoms with van der Waals surface area (Å²) in [6.07, 6.45) is 11.1. The van der Waals surface area contributed by atoms with Crippen molar-refractivity contribution in [1.82, 2.24) is 0 Å². The van der Waals surface area contributed by atoms with Gasteiger partial charge < -0.3 is 9.94 Å². The molecule has 0 spiro atoms. The van der Waals surface area contributed by atoms with Crippen LogP contribution in [-0.4, -0.2) is 29.2 Å². The molecule has 0 aromatic rings. The van der Waals surface area contributed by atoms with Crippen molar-refractivity contribution in [2.75, 3.05) is 6.61 Å². The molecule has 28 heavy (non-hydrogen) atoms. The van der Waals surface area contributed by atoms with Gasteiger partial charge in [0.1, 0.15) is 5.78 Å². The molecule has 4 rings (SSSR count). The van der Waals surface area contributed by atoms with E-state index in [0.29, 0.717) is 17.6 Å². The molecule has 0 amide bonds. The average molecular weight is 388 g/mol. The highest BCUT2D eigenvalue weighted by Crippen LogP contribution is 2.66. The maximum atomic E-state index is 12.3. The molecule has 0 bridgehead atoms. The molecule has 0 unspecified atom stereocenters. The molecule has 0 radical (unpaired) electrons. The van der Waals surface area contributed by atoms with Gasteiger partial charge in [-0.1, -0.05) is 24.6 Å². The summed E-state index contributed by atoms with van der Waals surface area (Å²) in [5.41, 5.74) is 2.77. The van der Waals surface area contributed by atoms with Gasteiger partial charge in [-0.25, -0.2) is 4.79 Å². The number of ketones is 1. The molecule has 4 aliphatic rings. The first kappa shape index (κ1) is 19.7. The fourth-order valence-electron chi connectivity index (χ4n) is 7.48. The average Bonchev–Trinajstić information content (AvgIpc) is 2.99. The number of carboxylic acid groups (broad SMARTS) is 1. The second-order valence-electron chi connectivity index (χ2n) is 10.0. The zero-order valence-electron chi connectivity index (χ0n) is 17.4. The Morgan fingerprint density at radius 3 is 2.64 bits per heavy atom. The number of rotatable bonds is 4. The minimum Gasteiger partial charge on any atom is -0.479 e. The number of aliphatic carboxylic acids is 1. The Morgan fingerprint density at radius 1 is 1.14 bits per heavy atom. The predicted octanol–water partition coefficient (Wildman–Crippen LogP) is 4.61. The van der Waals surface area contributed by atoms with Gasteiger partial charge in [-0.05, 0) is 93.0 Å². The highest BCUT2D eigenvalue weighted by Gasteiger charge is 2.59. The Hall–Kier alpha value is -1.65. The summed E-state index contributed by atoms with van der Waals surface area (Å²) in [4.78, 5) is 27.8. The first-order valence-corrected chi connectivity index (χ1v) is 10.9. The molecule has 4 aliphatic carbocycles. The van der Waals surface area contributed by atoms with Crippen LogP contribution in [0.25, 0.3) is 0 Å². The van der Waals surface area contributed by atoms with Crippen molar-refractivity contribution in [3.8, 4) is 0 Å². The minimum absolute atomic E-state index is 0.205. The van der Waals surface area contributed by atoms with Gasteiger partial charge in [0.2, 0.25) is 6.61 Å². The highest BCUT2D eigenvalue weighted by atomic mass is 16.6. The van der Waals surface area contributed by atoms with Crippen LogP contribution in [0, 0.1) is 34.5 Å². The molecule has 5 nitrogen and oxygen atoms in total. The number of Topliss-reactive ketones (excluding diaryl/α,β-unsaturated/α-hetero) is 1. The van der Waals surface area contributed by atoms with E-state index in [2.05, 4.69) is 25.1 Å². The predicted molar refractivity (Wildman–Crippen MR) is 107 cm³/mol. The standard InChI is InChI=1S/C23H33NO4/c1-14(25)18-6-7-19-17-5-4-15-12-16(24-28-13-21(26)27)8-10-22(15,2)20(17)9-11-23(18,19)3/h12,17-20H,4-11,13H2,1-3H3,(H,26,27)/b24-16-/t17-,18+,19+,20-,22+,23-/m1/s1. The van der Waals surface area contributed by atoms with Crippen LogP contribution in [0.1, 0.15) is 72.1 Å². The normalized spacial score (nSPS) is 43.5. The van der Waals surface area contributed by atoms with E-state index in [0.717, 1.165) is 37.3 Å². The first-order chi connectivity index (χ1) is 13.3. The SMILES string of the molecule is CC(=O)[C@@H]1CC[C@H]2[C@H]3CCC4=C/C(=N\OCC(=O)O)CC[C@]4(C)[C@@H]3CC[C@]12C. The third-order valence-electron chi connectivity index (χ3n) is 8.84. The summed E-state index contributed by atoms with van der Waals surface area (Å²) >= 11 is 0. The van der Waals surface area contributed by atoms with Crippen molar-refractivity contribution < 1.29 is 19.5 Å². The molecule has 0 saturated heterocycles. The lowest BCUT2D eigenvalue weighted by atomic mass is 9.46. The van der Waals surface area contributed by atoms with E-state index >= 15 is 0 Å². The maximum absolute atomic E-state index is 12.3. The quantitative estimate of drug-likeness (QED) is 0.715. The molecule has 1 N–H and O–H groups in total. The molecular formula is C23H33NO4. The van der Waals surface area contributed by atoms with Crippen LogP contribution < -0.4 is 0 Å². The topological polar surface area (TPSA) is 76.0 Å². The zero-order valence-corrected chi connectivity index (χ0v) is 17.4. The van der Waals surface area contributed by atoms with Gasteiger partial charge in [0, 0.05) is 5.92 Å². The van der Waals surface area contributed by atoms with E-state index in [1.54, 1.807) is 6.92 Å². The molecular weight excluding hydrogens is 354 g/mol. The number of nitrogens with zero attached hydrogens (tertiary/aromatic N) is 1. The van der Waals surface area contributed by atoms with Crippen molar-refractivity contribution in [3.63, 3.8) is 0 Å². The Balaban J connectivity index is 1.55. The number of hydrogen-bond donors (Lipinski definition) is 1. The van der Waals surface area contributed by atoms with E-state index in [-0.39, 0.29) is 23.4 Å². The first-order valence-electron chi connectivity index (χ1n) is 10.9. The molecule has 6 atom stereocenters. The summed E-state index contributed by atoms with van der Waals surface area (Å²) in [5, 5.41) is 12.8. The van der Waals surface area contributed by atoms with Gasteiger partial charge in [0.15, 0.2) is 0 Å². The van der Waals surface area contributed by atoms with E-state index in [1.807, 2.05) is 0 Å². The molecule has 154 valence electrons. The summed E-state index contributed by atoms with van der Waals surface area (Å²) < 4.78 is 0. The molecule has 0 heterocycles. The van der Waals surface area contributed by atoms with E-state index in [4.69, 9.17) is 9.94 Å². The summed E-state index contributed by atoms with van der Waals surface area (Å²) in [7, 11) is 0. The van der Waals surface area contributed by atoms with Gasteiger partial charge in [-0.3, -0.25) is 4.79 Å². The van der Waals surface area contributed by atoms with E-state index in [9.17, 15) is 9.59 Å². The minimum atomic E-state index is -0.996. The number of carbonyl (C=O) groups is 2. The van der Waals surface area contributed by atoms with Crippen molar-refractivity contribution in [2.45, 2.75) is 72.1 Å². The number of carbonyl (C=O) groups excluding carboxylic acids is 1.